The Kier molecular flexibility index (Phi) is 37.4. The van der Waals surface area contributed by atoms with Crippen molar-refractivity contribution in [2.24, 2.45) is 0 Å². The molecule has 8 nitrogen and oxygen atoms in total. The summed E-state index contributed by atoms with van der Waals surface area (Å²) in [6.45, 7) is 4.68. The van der Waals surface area contributed by atoms with Crippen molar-refractivity contribution in [2.75, 3.05) is 40.9 Å². The van der Waals surface area contributed by atoms with Crippen LogP contribution in [0, 0.1) is 0 Å². The second-order valence-electron chi connectivity index (χ2n) is 16.8. The molecule has 0 aliphatic heterocycles. The third-order valence-corrected chi connectivity index (χ3v) is 11.1. The molecule has 0 fully saturated rings. The predicted octanol–water partition coefficient (Wildman–Crippen LogP) is 12.1. The second kappa shape index (κ2) is 38.2. The van der Waals surface area contributed by atoms with E-state index in [0.717, 1.165) is 64.2 Å². The minimum Gasteiger partial charge on any atom is -0.756 e. The van der Waals surface area contributed by atoms with Crippen LogP contribution in [-0.4, -0.2) is 68.5 Å². The third-order valence-electron chi connectivity index (χ3n) is 10.1. The topological polar surface area (TPSA) is 108 Å². The molecule has 1 amide bonds. The molecule has 0 aromatic rings. The first-order valence-electron chi connectivity index (χ1n) is 22.8. The molecule has 55 heavy (non-hydrogen) atoms. The van der Waals surface area contributed by atoms with E-state index in [-0.39, 0.29) is 19.1 Å². The van der Waals surface area contributed by atoms with Gasteiger partial charge in [0.25, 0.3) is 7.82 Å². The van der Waals surface area contributed by atoms with Crippen molar-refractivity contribution < 1.29 is 32.9 Å². The van der Waals surface area contributed by atoms with E-state index in [9.17, 15) is 19.4 Å². The van der Waals surface area contributed by atoms with Crippen molar-refractivity contribution in [2.45, 2.75) is 212 Å². The average Bonchev–Trinajstić information content (AvgIpc) is 3.13. The Labute approximate surface area is 340 Å². The number of quaternary nitrogens is 1. The molecule has 0 saturated carbocycles. The monoisotopic (exact) mass is 797 g/mol. The van der Waals surface area contributed by atoms with Crippen molar-refractivity contribution in [3.63, 3.8) is 0 Å². The largest absolute Gasteiger partial charge is 0.756 e. The molecule has 2 N–H and O–H groups in total. The maximum Gasteiger partial charge on any atom is 0.268 e. The first-order valence-corrected chi connectivity index (χ1v) is 24.3. The van der Waals surface area contributed by atoms with Crippen LogP contribution in [-0.2, 0) is 18.4 Å². The van der Waals surface area contributed by atoms with E-state index in [1.807, 2.05) is 21.1 Å². The van der Waals surface area contributed by atoms with Gasteiger partial charge in [0, 0.05) is 6.42 Å². The van der Waals surface area contributed by atoms with Crippen LogP contribution in [0.1, 0.15) is 200 Å². The van der Waals surface area contributed by atoms with Crippen LogP contribution in [0.5, 0.6) is 0 Å². The number of aliphatic hydroxyl groups is 1. The standard InChI is InChI=1S/C46H89N2O6P/c1-6-8-10-12-14-16-18-20-22-23-24-25-26-28-30-32-34-36-38-40-46(50)47-44(43-54-55(51,52)53-42-41-48(3,4)5)45(49)39-37-35-33-31-29-27-21-19-17-15-13-11-9-7-2/h14,16,20,22,24-25,44-45,49H,6-13,15,17-19,21,23,26-43H2,1-5H3,(H-,47,50,51,52)/b16-14-,22-20-,25-24-. The van der Waals surface area contributed by atoms with Crippen molar-refractivity contribution >= 4 is 13.7 Å². The molecule has 0 heterocycles. The zero-order chi connectivity index (χ0) is 40.7. The fourth-order valence-corrected chi connectivity index (χ4v) is 7.18. The number of aliphatic hydroxyl groups excluding tert-OH is 1. The lowest BCUT2D eigenvalue weighted by atomic mass is 10.0. The van der Waals surface area contributed by atoms with E-state index in [2.05, 4.69) is 55.6 Å². The zero-order valence-electron chi connectivity index (χ0n) is 36.6. The molecule has 0 rings (SSSR count). The number of nitrogens with one attached hydrogen (secondary N) is 1. The summed E-state index contributed by atoms with van der Waals surface area (Å²) >= 11 is 0. The normalized spacial score (nSPS) is 14.7. The van der Waals surface area contributed by atoms with Crippen LogP contribution in [0.15, 0.2) is 36.5 Å². The lowest BCUT2D eigenvalue weighted by Gasteiger charge is -2.30. The highest BCUT2D eigenvalue weighted by Gasteiger charge is 2.24. The van der Waals surface area contributed by atoms with Gasteiger partial charge in [0.1, 0.15) is 13.2 Å². The summed E-state index contributed by atoms with van der Waals surface area (Å²) in [6.07, 6.45) is 45.7. The number of phosphoric ester groups is 1. The van der Waals surface area contributed by atoms with Gasteiger partial charge in [-0.25, -0.2) is 0 Å². The average molecular weight is 797 g/mol. The van der Waals surface area contributed by atoms with Crippen LogP contribution in [0.4, 0.5) is 0 Å². The maximum atomic E-state index is 12.9. The highest BCUT2D eigenvalue weighted by molar-refractivity contribution is 7.45. The van der Waals surface area contributed by atoms with Crippen molar-refractivity contribution in [1.82, 2.24) is 5.32 Å². The quantitative estimate of drug-likeness (QED) is 0.0276. The van der Waals surface area contributed by atoms with Crippen LogP contribution >= 0.6 is 7.82 Å². The molecule has 3 unspecified atom stereocenters. The van der Waals surface area contributed by atoms with Gasteiger partial charge in [-0.2, -0.15) is 0 Å². The van der Waals surface area contributed by atoms with E-state index in [1.54, 1.807) is 0 Å². The van der Waals surface area contributed by atoms with Crippen LogP contribution in [0.25, 0.3) is 0 Å². The summed E-state index contributed by atoms with van der Waals surface area (Å²) in [4.78, 5) is 25.3. The Balaban J connectivity index is 4.37. The molecule has 0 aromatic heterocycles. The molecular weight excluding hydrogens is 707 g/mol. The fourth-order valence-electron chi connectivity index (χ4n) is 6.46. The number of amides is 1. The number of nitrogens with zero attached hydrogens (tertiary/aromatic N) is 1. The van der Waals surface area contributed by atoms with Gasteiger partial charge >= 0.3 is 0 Å². The summed E-state index contributed by atoms with van der Waals surface area (Å²) in [6, 6.07) is -0.806. The molecule has 3 atom stereocenters. The van der Waals surface area contributed by atoms with E-state index in [1.165, 1.54) is 109 Å². The minimum atomic E-state index is -4.57. The summed E-state index contributed by atoms with van der Waals surface area (Å²) < 4.78 is 23.3. The maximum absolute atomic E-state index is 12.9. The Morgan fingerprint density at radius 2 is 1.05 bits per heavy atom. The van der Waals surface area contributed by atoms with Gasteiger partial charge in [-0.05, 0) is 51.4 Å². The van der Waals surface area contributed by atoms with Gasteiger partial charge < -0.3 is 28.8 Å². The van der Waals surface area contributed by atoms with Gasteiger partial charge in [-0.1, -0.05) is 179 Å². The Morgan fingerprint density at radius 1 is 0.636 bits per heavy atom. The number of hydrogen-bond donors (Lipinski definition) is 2. The summed E-state index contributed by atoms with van der Waals surface area (Å²) in [5.41, 5.74) is 0. The second-order valence-corrected chi connectivity index (χ2v) is 18.2. The minimum absolute atomic E-state index is 0.00871. The van der Waals surface area contributed by atoms with Crippen molar-refractivity contribution in [3.05, 3.63) is 36.5 Å². The predicted molar refractivity (Wildman–Crippen MR) is 233 cm³/mol. The number of likely N-dealkylation sites (N-methyl/N-ethyl adjacent to an activating group) is 1. The first kappa shape index (κ1) is 53.7. The van der Waals surface area contributed by atoms with Gasteiger partial charge in [0.2, 0.25) is 5.91 Å². The van der Waals surface area contributed by atoms with Crippen LogP contribution in [0.3, 0.4) is 0 Å². The molecular formula is C46H89N2O6P. The Hall–Kier alpha value is -1.28. The number of unbranched alkanes of at least 4 members (excludes halogenated alkanes) is 22. The van der Waals surface area contributed by atoms with E-state index < -0.39 is 20.0 Å². The lowest BCUT2D eigenvalue weighted by Crippen LogP contribution is -2.46. The Bertz CT molecular complexity index is 995. The van der Waals surface area contributed by atoms with Crippen molar-refractivity contribution in [3.8, 4) is 0 Å². The van der Waals surface area contributed by atoms with E-state index in [4.69, 9.17) is 9.05 Å². The van der Waals surface area contributed by atoms with Gasteiger partial charge in [-0.15, -0.1) is 0 Å². The van der Waals surface area contributed by atoms with Gasteiger partial charge in [0.15, 0.2) is 0 Å². The smallest absolute Gasteiger partial charge is 0.268 e. The lowest BCUT2D eigenvalue weighted by molar-refractivity contribution is -0.870. The molecule has 0 aliphatic carbocycles. The molecule has 9 heteroatoms. The molecule has 0 spiro atoms. The Morgan fingerprint density at radius 3 is 1.56 bits per heavy atom. The number of phosphoric acid groups is 1. The van der Waals surface area contributed by atoms with E-state index >= 15 is 0 Å². The number of allylic oxidation sites excluding steroid dienone is 6. The first-order chi connectivity index (χ1) is 26.5. The number of hydrogen-bond acceptors (Lipinski definition) is 6. The van der Waals surface area contributed by atoms with Crippen LogP contribution < -0.4 is 10.2 Å². The summed E-state index contributed by atoms with van der Waals surface area (Å²) in [7, 11) is 1.29. The fraction of sp³-hybridized carbons (Fsp3) is 0.848. The van der Waals surface area contributed by atoms with E-state index in [0.29, 0.717) is 23.9 Å². The van der Waals surface area contributed by atoms with Crippen LogP contribution in [0.2, 0.25) is 0 Å². The molecule has 0 aliphatic rings. The summed E-state index contributed by atoms with van der Waals surface area (Å²) in [5.74, 6) is -0.178. The molecule has 0 radical (unpaired) electrons. The molecule has 0 aromatic carbocycles. The number of carbonyl (C=O) groups is 1. The van der Waals surface area contributed by atoms with Crippen molar-refractivity contribution in [1.29, 1.82) is 0 Å². The zero-order valence-corrected chi connectivity index (χ0v) is 37.5. The highest BCUT2D eigenvalue weighted by atomic mass is 31.2. The third kappa shape index (κ3) is 40.7. The highest BCUT2D eigenvalue weighted by Crippen LogP contribution is 2.38. The molecule has 324 valence electrons. The summed E-state index contributed by atoms with van der Waals surface area (Å²) in [5, 5.41) is 13.9. The number of rotatable bonds is 41. The molecule has 0 bridgehead atoms. The number of carbonyl (C=O) groups excluding carboxylic acids is 1. The van der Waals surface area contributed by atoms with Gasteiger partial charge in [-0.3, -0.25) is 9.36 Å². The molecule has 0 saturated heterocycles. The SMILES string of the molecule is CCCCC/C=C\C/C=C\C/C=C\CCCCCCCCC(=O)NC(COP(=O)([O-])OCC[N+](C)(C)C)C(O)CCCCCCCCCCCCCCCC. The van der Waals surface area contributed by atoms with Gasteiger partial charge in [0.05, 0.1) is 39.9 Å².